The van der Waals surface area contributed by atoms with Crippen LogP contribution < -0.4 is 4.74 Å². The number of hydrogen-bond donors (Lipinski definition) is 0. The van der Waals surface area contributed by atoms with Crippen LogP contribution in [0.15, 0.2) is 36.7 Å². The topological polar surface area (TPSA) is 22.1 Å². The molecule has 15 heavy (non-hydrogen) atoms. The van der Waals surface area contributed by atoms with Gasteiger partial charge >= 0.3 is 0 Å². The van der Waals surface area contributed by atoms with E-state index in [0.717, 1.165) is 36.0 Å². The second-order valence-electron chi connectivity index (χ2n) is 3.56. The van der Waals surface area contributed by atoms with Gasteiger partial charge in [-0.1, -0.05) is 37.6 Å². The van der Waals surface area contributed by atoms with Gasteiger partial charge in [0.2, 0.25) is 0 Å². The Kier molecular flexibility index (Phi) is 3.18. The smallest absolute Gasteiger partial charge is 0.145 e. The molecule has 0 unspecified atom stereocenters. The summed E-state index contributed by atoms with van der Waals surface area (Å²) in [6, 6.07) is 8.15. The third-order valence-corrected chi connectivity index (χ3v) is 2.39. The van der Waals surface area contributed by atoms with E-state index in [-0.39, 0.29) is 0 Å². The van der Waals surface area contributed by atoms with Crippen LogP contribution in [0.1, 0.15) is 19.8 Å². The van der Waals surface area contributed by atoms with Crippen LogP contribution in [0.4, 0.5) is 0 Å². The van der Waals surface area contributed by atoms with Gasteiger partial charge in [-0.2, -0.15) is 0 Å². The molecule has 0 amide bonds. The van der Waals surface area contributed by atoms with Gasteiger partial charge in [-0.05, 0) is 6.42 Å². The number of aromatic nitrogens is 1. The van der Waals surface area contributed by atoms with Gasteiger partial charge in [0.1, 0.15) is 5.75 Å². The summed E-state index contributed by atoms with van der Waals surface area (Å²) in [5.74, 6) is 0.890. The van der Waals surface area contributed by atoms with Crippen LogP contribution in [0.3, 0.4) is 0 Å². The molecule has 1 heterocycles. The Bertz CT molecular complexity index is 434. The Balaban J connectivity index is 2.26. The molecule has 0 fully saturated rings. The first-order chi connectivity index (χ1) is 7.42. The number of nitrogens with zero attached hydrogens (tertiary/aromatic N) is 1. The monoisotopic (exact) mass is 201 g/mol. The third kappa shape index (κ3) is 2.27. The molecule has 0 spiro atoms. The Morgan fingerprint density at radius 2 is 2.07 bits per heavy atom. The lowest BCUT2D eigenvalue weighted by Gasteiger charge is -2.07. The highest BCUT2D eigenvalue weighted by Crippen LogP contribution is 2.23. The van der Waals surface area contributed by atoms with E-state index in [1.807, 2.05) is 18.3 Å². The summed E-state index contributed by atoms with van der Waals surface area (Å²) in [4.78, 5) is 4.17. The summed E-state index contributed by atoms with van der Waals surface area (Å²) in [6.07, 6.45) is 5.89. The molecule has 2 rings (SSSR count). The minimum Gasteiger partial charge on any atom is -0.491 e. The van der Waals surface area contributed by atoms with Crippen molar-refractivity contribution < 1.29 is 4.74 Å². The molecule has 0 radical (unpaired) electrons. The van der Waals surface area contributed by atoms with Crippen LogP contribution in [-0.2, 0) is 0 Å². The highest BCUT2D eigenvalue weighted by molar-refractivity contribution is 5.87. The second kappa shape index (κ2) is 4.78. The number of benzene rings is 1. The van der Waals surface area contributed by atoms with E-state index < -0.39 is 0 Å². The van der Waals surface area contributed by atoms with Gasteiger partial charge in [-0.15, -0.1) is 0 Å². The number of rotatable bonds is 4. The zero-order valence-electron chi connectivity index (χ0n) is 8.94. The SMILES string of the molecule is CCCCOc1cncc2ccccc12. The largest absolute Gasteiger partial charge is 0.491 e. The lowest BCUT2D eigenvalue weighted by molar-refractivity contribution is 0.312. The molecule has 2 heteroatoms. The maximum absolute atomic E-state index is 5.70. The molecule has 1 aromatic carbocycles. The molecule has 0 atom stereocenters. The minimum absolute atomic E-state index is 0.770. The van der Waals surface area contributed by atoms with Crippen LogP contribution in [0.2, 0.25) is 0 Å². The first-order valence-electron chi connectivity index (χ1n) is 5.37. The van der Waals surface area contributed by atoms with E-state index in [1.54, 1.807) is 6.20 Å². The predicted molar refractivity (Wildman–Crippen MR) is 62.1 cm³/mol. The van der Waals surface area contributed by atoms with E-state index in [1.165, 1.54) is 0 Å². The van der Waals surface area contributed by atoms with Crippen molar-refractivity contribution >= 4 is 10.8 Å². The molecular formula is C13H15NO. The summed E-state index contributed by atoms with van der Waals surface area (Å²) in [5.41, 5.74) is 0. The fourth-order valence-electron chi connectivity index (χ4n) is 1.53. The van der Waals surface area contributed by atoms with Crippen molar-refractivity contribution in [2.75, 3.05) is 6.61 Å². The minimum atomic E-state index is 0.770. The van der Waals surface area contributed by atoms with Crippen molar-refractivity contribution in [2.45, 2.75) is 19.8 Å². The van der Waals surface area contributed by atoms with E-state index in [4.69, 9.17) is 4.74 Å². The second-order valence-corrected chi connectivity index (χ2v) is 3.56. The van der Waals surface area contributed by atoms with Crippen LogP contribution in [-0.4, -0.2) is 11.6 Å². The number of hydrogen-bond acceptors (Lipinski definition) is 2. The first kappa shape index (κ1) is 9.97. The van der Waals surface area contributed by atoms with Gasteiger partial charge in [0, 0.05) is 17.0 Å². The van der Waals surface area contributed by atoms with Gasteiger partial charge in [-0.25, -0.2) is 0 Å². The van der Waals surface area contributed by atoms with Gasteiger partial charge in [-0.3, -0.25) is 4.98 Å². The molecule has 0 saturated carbocycles. The Morgan fingerprint density at radius 1 is 1.20 bits per heavy atom. The van der Waals surface area contributed by atoms with E-state index in [2.05, 4.69) is 24.0 Å². The predicted octanol–water partition coefficient (Wildman–Crippen LogP) is 3.41. The van der Waals surface area contributed by atoms with E-state index in [0.29, 0.717) is 0 Å². The Morgan fingerprint density at radius 3 is 2.93 bits per heavy atom. The molecule has 2 aromatic rings. The average Bonchev–Trinajstić information content (AvgIpc) is 2.30. The highest BCUT2D eigenvalue weighted by Gasteiger charge is 2.00. The van der Waals surface area contributed by atoms with Gasteiger partial charge in [0.15, 0.2) is 0 Å². The maximum atomic E-state index is 5.70. The lowest BCUT2D eigenvalue weighted by atomic mass is 10.2. The maximum Gasteiger partial charge on any atom is 0.145 e. The van der Waals surface area contributed by atoms with Crippen LogP contribution in [0.25, 0.3) is 10.8 Å². The van der Waals surface area contributed by atoms with Crippen molar-refractivity contribution in [2.24, 2.45) is 0 Å². The van der Waals surface area contributed by atoms with E-state index >= 15 is 0 Å². The normalized spacial score (nSPS) is 10.5. The fraction of sp³-hybridized carbons (Fsp3) is 0.308. The zero-order valence-corrected chi connectivity index (χ0v) is 8.94. The Hall–Kier alpha value is -1.57. The molecule has 0 N–H and O–H groups in total. The van der Waals surface area contributed by atoms with Crippen LogP contribution in [0.5, 0.6) is 5.75 Å². The summed E-state index contributed by atoms with van der Waals surface area (Å²) < 4.78 is 5.70. The number of fused-ring (bicyclic) bond motifs is 1. The van der Waals surface area contributed by atoms with Gasteiger partial charge in [0.25, 0.3) is 0 Å². The fourth-order valence-corrected chi connectivity index (χ4v) is 1.53. The number of ether oxygens (including phenoxy) is 1. The van der Waals surface area contributed by atoms with Crippen molar-refractivity contribution in [1.82, 2.24) is 4.98 Å². The van der Waals surface area contributed by atoms with Crippen LogP contribution in [0, 0.1) is 0 Å². The van der Waals surface area contributed by atoms with Gasteiger partial charge in [0.05, 0.1) is 12.8 Å². The molecule has 78 valence electrons. The summed E-state index contributed by atoms with van der Waals surface area (Å²) in [7, 11) is 0. The molecule has 1 aromatic heterocycles. The van der Waals surface area contributed by atoms with Crippen molar-refractivity contribution in [1.29, 1.82) is 0 Å². The van der Waals surface area contributed by atoms with Crippen molar-refractivity contribution in [3.8, 4) is 5.75 Å². The Labute approximate surface area is 89.9 Å². The standard InChI is InChI=1S/C13H15NO/c1-2-3-8-15-13-10-14-9-11-6-4-5-7-12(11)13/h4-7,9-10H,2-3,8H2,1H3. The van der Waals surface area contributed by atoms with Crippen molar-refractivity contribution in [3.05, 3.63) is 36.7 Å². The molecule has 0 aliphatic rings. The molecule has 2 nitrogen and oxygen atoms in total. The molecule has 0 saturated heterocycles. The number of pyridine rings is 1. The third-order valence-electron chi connectivity index (χ3n) is 2.39. The van der Waals surface area contributed by atoms with Crippen LogP contribution >= 0.6 is 0 Å². The highest BCUT2D eigenvalue weighted by atomic mass is 16.5. The summed E-state index contributed by atoms with van der Waals surface area (Å²) >= 11 is 0. The van der Waals surface area contributed by atoms with Crippen molar-refractivity contribution in [3.63, 3.8) is 0 Å². The molecule has 0 aliphatic heterocycles. The summed E-state index contributed by atoms with van der Waals surface area (Å²) in [6.45, 7) is 2.93. The summed E-state index contributed by atoms with van der Waals surface area (Å²) in [5, 5.41) is 2.27. The van der Waals surface area contributed by atoms with E-state index in [9.17, 15) is 0 Å². The lowest BCUT2D eigenvalue weighted by Crippen LogP contribution is -1.97. The first-order valence-corrected chi connectivity index (χ1v) is 5.37. The molecular weight excluding hydrogens is 186 g/mol. The van der Waals surface area contributed by atoms with Gasteiger partial charge < -0.3 is 4.74 Å². The average molecular weight is 201 g/mol. The molecule has 0 bridgehead atoms. The number of unbranched alkanes of at least 4 members (excludes halogenated alkanes) is 1. The molecule has 0 aliphatic carbocycles. The zero-order chi connectivity index (χ0) is 10.5. The quantitative estimate of drug-likeness (QED) is 0.707.